The summed E-state index contributed by atoms with van der Waals surface area (Å²) in [4.78, 5) is 11.6. The molecule has 1 unspecified atom stereocenters. The predicted octanol–water partition coefficient (Wildman–Crippen LogP) is 8.41. The zero-order chi connectivity index (χ0) is 28.2. The van der Waals surface area contributed by atoms with Crippen molar-refractivity contribution in [2.45, 2.75) is 20.8 Å². The first-order valence-corrected chi connectivity index (χ1v) is 14.8. The minimum Gasteiger partial charge on any atom is -0.290 e. The summed E-state index contributed by atoms with van der Waals surface area (Å²) in [5.74, 6) is -0.0114. The first-order valence-electron chi connectivity index (χ1n) is 13.5. The maximum absolute atomic E-state index is 11.6. The largest absolute Gasteiger partial charge is 0.290 e. The highest BCUT2D eigenvalue weighted by Gasteiger charge is 2.20. The maximum atomic E-state index is 11.6. The van der Waals surface area contributed by atoms with Crippen molar-refractivity contribution in [3.05, 3.63) is 173 Å². The van der Waals surface area contributed by atoms with E-state index in [2.05, 4.69) is 93.6 Å². The summed E-state index contributed by atoms with van der Waals surface area (Å²) in [5.41, 5.74) is 6.18. The molecule has 0 saturated carbocycles. The van der Waals surface area contributed by atoms with Gasteiger partial charge in [0, 0.05) is 0 Å². The molecule has 0 aliphatic rings. The van der Waals surface area contributed by atoms with E-state index in [0.717, 1.165) is 11.1 Å². The first-order chi connectivity index (χ1) is 19.5. The Kier molecular flexibility index (Phi) is 12.6. The average Bonchev–Trinajstić information content (AvgIpc) is 2.99. The second-order valence-corrected chi connectivity index (χ2v) is 11.7. The van der Waals surface area contributed by atoms with Gasteiger partial charge in [-0.2, -0.15) is 9.90 Å². The molecule has 0 bridgehead atoms. The summed E-state index contributed by atoms with van der Waals surface area (Å²) < 4.78 is 0. The third-order valence-corrected chi connectivity index (χ3v) is 9.50. The molecular formula is C38H38OP2. The summed E-state index contributed by atoms with van der Waals surface area (Å²) in [6.07, 6.45) is 6.79. The summed E-state index contributed by atoms with van der Waals surface area (Å²) in [6.45, 7) is 6.67. The maximum Gasteiger partial charge on any atom is 0.178 e. The lowest BCUT2D eigenvalue weighted by Crippen LogP contribution is -2.25. The highest BCUT2D eigenvalue weighted by Crippen LogP contribution is 2.36. The fraction of sp³-hybridized carbons (Fsp3) is 0.0789. The fourth-order valence-electron chi connectivity index (χ4n) is 4.37. The molecule has 0 aliphatic carbocycles. The Morgan fingerprint density at radius 2 is 0.756 bits per heavy atom. The number of carbonyl (C=O) groups excluding carboxylic acids is 1. The van der Waals surface area contributed by atoms with E-state index in [9.17, 15) is 4.79 Å². The van der Waals surface area contributed by atoms with Crippen LogP contribution in [0.2, 0.25) is 0 Å². The van der Waals surface area contributed by atoms with Gasteiger partial charge in [0.05, 0.1) is 0 Å². The Morgan fingerprint density at radius 1 is 0.463 bits per heavy atom. The third kappa shape index (κ3) is 9.33. The van der Waals surface area contributed by atoms with Gasteiger partial charge in [-0.05, 0) is 84.6 Å². The van der Waals surface area contributed by atoms with E-state index in [1.165, 1.54) is 32.6 Å². The van der Waals surface area contributed by atoms with Crippen LogP contribution in [0.4, 0.5) is 0 Å². The zero-order valence-corrected chi connectivity index (χ0v) is 26.4. The molecule has 0 heterocycles. The number of carbonyl (C=O) groups is 1. The second-order valence-electron chi connectivity index (χ2n) is 9.59. The summed E-state index contributed by atoms with van der Waals surface area (Å²) >= 11 is 0. The number of hydrogen-bond acceptors (Lipinski definition) is 1. The van der Waals surface area contributed by atoms with Crippen LogP contribution in [0.25, 0.3) is 12.2 Å². The predicted molar refractivity (Wildman–Crippen MR) is 186 cm³/mol. The number of allylic oxidation sites excluding steroid dienone is 2. The smallest absolute Gasteiger partial charge is 0.178 e. The van der Waals surface area contributed by atoms with E-state index < -0.39 is 7.92 Å². The number of benzene rings is 5. The summed E-state index contributed by atoms with van der Waals surface area (Å²) in [7, 11) is -0.508. The van der Waals surface area contributed by atoms with Gasteiger partial charge in [0.15, 0.2) is 5.78 Å². The van der Waals surface area contributed by atoms with E-state index in [0.29, 0.717) is 0 Å². The molecule has 0 N–H and O–H groups in total. The van der Waals surface area contributed by atoms with Crippen molar-refractivity contribution in [1.29, 1.82) is 0 Å². The molecule has 0 aromatic heterocycles. The molecule has 5 aromatic rings. The lowest BCUT2D eigenvalue weighted by molar-refractivity contribution is -0.110. The van der Waals surface area contributed by atoms with E-state index in [-0.39, 0.29) is 15.7 Å². The highest BCUT2D eigenvalue weighted by molar-refractivity contribution is 7.80. The molecule has 3 heteroatoms. The topological polar surface area (TPSA) is 17.1 Å². The van der Waals surface area contributed by atoms with Gasteiger partial charge in [0.1, 0.15) is 0 Å². The third-order valence-electron chi connectivity index (χ3n) is 6.55. The minimum absolute atomic E-state index is 0. The van der Waals surface area contributed by atoms with Crippen molar-refractivity contribution in [3.63, 3.8) is 0 Å². The summed E-state index contributed by atoms with van der Waals surface area (Å²) in [6, 6.07) is 46.0. The van der Waals surface area contributed by atoms with Crippen LogP contribution in [0.3, 0.4) is 0 Å². The Morgan fingerprint density at radius 3 is 1.07 bits per heavy atom. The van der Waals surface area contributed by atoms with Crippen LogP contribution in [0.15, 0.2) is 146 Å². The molecular weight excluding hydrogens is 534 g/mol. The Hall–Kier alpha value is -3.89. The molecule has 206 valence electrons. The molecule has 0 saturated heterocycles. The Bertz CT molecular complexity index is 1430. The summed E-state index contributed by atoms with van der Waals surface area (Å²) in [5, 5.41) is 4.38. The van der Waals surface area contributed by atoms with Crippen LogP contribution < -0.4 is 15.9 Å². The van der Waals surface area contributed by atoms with Crippen molar-refractivity contribution in [2.24, 2.45) is 0 Å². The number of hydrogen-bond donors (Lipinski definition) is 0. The number of rotatable bonds is 7. The lowest BCUT2D eigenvalue weighted by atomic mass is 10.1. The van der Waals surface area contributed by atoms with Crippen molar-refractivity contribution < 1.29 is 4.79 Å². The number of ketones is 1. The molecule has 0 aliphatic heterocycles. The Labute approximate surface area is 250 Å². The van der Waals surface area contributed by atoms with Crippen LogP contribution in [-0.4, -0.2) is 5.78 Å². The molecule has 0 spiro atoms. The second kappa shape index (κ2) is 16.4. The van der Waals surface area contributed by atoms with Crippen molar-refractivity contribution in [2.75, 3.05) is 0 Å². The van der Waals surface area contributed by atoms with Crippen LogP contribution >= 0.6 is 17.8 Å². The van der Waals surface area contributed by atoms with E-state index in [1.54, 1.807) is 12.2 Å². The molecule has 0 fully saturated rings. The van der Waals surface area contributed by atoms with Crippen LogP contribution in [0.5, 0.6) is 0 Å². The molecule has 0 amide bonds. The van der Waals surface area contributed by atoms with Gasteiger partial charge in [0.25, 0.3) is 0 Å². The van der Waals surface area contributed by atoms with Crippen LogP contribution in [-0.2, 0) is 4.79 Å². The van der Waals surface area contributed by atoms with Gasteiger partial charge < -0.3 is 0 Å². The zero-order valence-electron chi connectivity index (χ0n) is 24.1. The fourth-order valence-corrected chi connectivity index (χ4v) is 7.14. The van der Waals surface area contributed by atoms with E-state index in [4.69, 9.17) is 0 Å². The van der Waals surface area contributed by atoms with Gasteiger partial charge in [-0.1, -0.05) is 146 Å². The van der Waals surface area contributed by atoms with Gasteiger partial charge in [-0.25, -0.2) is 0 Å². The van der Waals surface area contributed by atoms with Gasteiger partial charge in [-0.3, -0.25) is 4.79 Å². The van der Waals surface area contributed by atoms with Gasteiger partial charge in [0.2, 0.25) is 0 Å². The SMILES string of the molecule is Cc1ccccc1P(c1ccccc1C)c1ccccc1C.O=C(C=Cc1ccccc1)C=Cc1ccccc1.P. The van der Waals surface area contributed by atoms with Gasteiger partial charge >= 0.3 is 0 Å². The van der Waals surface area contributed by atoms with E-state index >= 15 is 0 Å². The van der Waals surface area contributed by atoms with Crippen LogP contribution in [0.1, 0.15) is 27.8 Å². The van der Waals surface area contributed by atoms with Gasteiger partial charge in [-0.15, -0.1) is 0 Å². The minimum atomic E-state index is -0.508. The molecule has 1 atom stereocenters. The Balaban J connectivity index is 0.000000225. The van der Waals surface area contributed by atoms with Crippen molar-refractivity contribution >= 4 is 51.7 Å². The number of aryl methyl sites for hydroxylation is 3. The highest BCUT2D eigenvalue weighted by atomic mass is 31.1. The van der Waals surface area contributed by atoms with Crippen molar-refractivity contribution in [3.8, 4) is 0 Å². The van der Waals surface area contributed by atoms with Crippen molar-refractivity contribution in [1.82, 2.24) is 0 Å². The molecule has 1 nitrogen and oxygen atoms in total. The van der Waals surface area contributed by atoms with Crippen LogP contribution in [0, 0.1) is 20.8 Å². The normalized spacial score (nSPS) is 10.7. The first kappa shape index (κ1) is 31.6. The molecule has 41 heavy (non-hydrogen) atoms. The average molecular weight is 573 g/mol. The molecule has 5 rings (SSSR count). The van der Waals surface area contributed by atoms with E-state index in [1.807, 2.05) is 72.8 Å². The quantitative estimate of drug-likeness (QED) is 0.141. The molecule has 0 radical (unpaired) electrons. The molecule has 5 aromatic carbocycles. The monoisotopic (exact) mass is 572 g/mol. The lowest BCUT2D eigenvalue weighted by Gasteiger charge is -2.24. The standard InChI is InChI=1S/C21H21P.C17H14O.H3P/c1-16-10-4-7-13-19(16)22(20-14-8-5-11-17(20)2)21-15-9-6-12-18(21)3;18-17(13-11-15-7-3-1-4-8-15)14-12-16-9-5-2-6-10-16;/h4-15H,1-3H3;1-14H;1H3.